The molecule has 5 aliphatic heterocycles. The summed E-state index contributed by atoms with van der Waals surface area (Å²) in [6.07, 6.45) is 6.77. The average Bonchev–Trinajstić information content (AvgIpc) is 3.46. The Hall–Kier alpha value is -3.92. The van der Waals surface area contributed by atoms with Crippen molar-refractivity contribution >= 4 is 28.3 Å². The minimum atomic E-state index is -1.19. The smallest absolute Gasteiger partial charge is 0.318 e. The summed E-state index contributed by atoms with van der Waals surface area (Å²) in [6.45, 7) is 3.97. The van der Waals surface area contributed by atoms with Crippen molar-refractivity contribution < 1.29 is 32.9 Å². The number of phenolic OH excluding ortho intramolecular Hbond substituents is 1. The number of fused-ring (bicyclic) bond motifs is 3. The maximum Gasteiger partial charge on any atom is 0.318 e. The molecule has 0 saturated carbocycles. The summed E-state index contributed by atoms with van der Waals surface area (Å²) in [5.41, 5.74) is -1.73. The van der Waals surface area contributed by atoms with Crippen molar-refractivity contribution in [2.75, 3.05) is 52.5 Å². The molecule has 3 fully saturated rings. The molecule has 5 aliphatic rings. The largest absolute Gasteiger partial charge is 0.508 e. The molecular formula is C33H34F3N5O4. The maximum atomic E-state index is 16.8. The van der Waals surface area contributed by atoms with Crippen molar-refractivity contribution in [3.8, 4) is 18.1 Å². The van der Waals surface area contributed by atoms with E-state index in [0.29, 0.717) is 37.3 Å². The molecule has 0 amide bonds. The van der Waals surface area contributed by atoms with Crippen molar-refractivity contribution in [3.63, 3.8) is 0 Å². The van der Waals surface area contributed by atoms with Gasteiger partial charge in [-0.15, -0.1) is 6.42 Å². The Bertz CT molecular complexity index is 1730. The average molecular weight is 622 g/mol. The van der Waals surface area contributed by atoms with Gasteiger partial charge in [0.25, 0.3) is 0 Å². The second-order valence-electron chi connectivity index (χ2n) is 12.8. The highest BCUT2D eigenvalue weighted by atomic mass is 19.1. The SMILES string of the molecule is C#Cc1c(F)ccc2cc(O)cc(C3=NCC4C(N5CCOC[C@@](C)(O)C5)=NC(OC[C@@]56CCCN5C[C@H](F)C6)=NC4=C3F)c12. The van der Waals surface area contributed by atoms with Gasteiger partial charge < -0.3 is 24.6 Å². The molecule has 0 aliphatic carbocycles. The summed E-state index contributed by atoms with van der Waals surface area (Å²) in [4.78, 5) is 17.8. The zero-order valence-corrected chi connectivity index (χ0v) is 24.9. The lowest BCUT2D eigenvalue weighted by Crippen LogP contribution is -2.49. The monoisotopic (exact) mass is 621 g/mol. The van der Waals surface area contributed by atoms with Gasteiger partial charge in [-0.1, -0.05) is 12.0 Å². The van der Waals surface area contributed by atoms with Crippen LogP contribution in [0.25, 0.3) is 10.8 Å². The first-order valence-corrected chi connectivity index (χ1v) is 15.2. The van der Waals surface area contributed by atoms with E-state index in [0.717, 1.165) is 19.4 Å². The Morgan fingerprint density at radius 3 is 2.89 bits per heavy atom. The van der Waals surface area contributed by atoms with Gasteiger partial charge in [0.2, 0.25) is 0 Å². The molecule has 2 aromatic rings. The quantitative estimate of drug-likeness (QED) is 0.507. The van der Waals surface area contributed by atoms with E-state index in [-0.39, 0.29) is 66.0 Å². The number of ether oxygens (including phenoxy) is 2. The molecule has 2 aromatic carbocycles. The molecule has 236 valence electrons. The van der Waals surface area contributed by atoms with E-state index in [2.05, 4.69) is 20.8 Å². The number of rotatable bonds is 3. The van der Waals surface area contributed by atoms with Crippen molar-refractivity contribution in [1.82, 2.24) is 9.80 Å². The number of alkyl halides is 1. The lowest BCUT2D eigenvalue weighted by molar-refractivity contribution is -0.0182. The number of nitrogens with zero attached hydrogens (tertiary/aromatic N) is 5. The standard InChI is InChI=1S/C33H34F3N5O4/c1-3-22-25(35)6-5-19-11-21(42)12-23(26(19)22)28-27(36)29-24(14-37-28)30(40-9-10-44-17-32(2,43)16-40)39-31(38-29)45-18-33-7-4-8-41(33)15-20(34)13-33/h1,5-6,11-12,20,24,42-43H,4,7-10,13-18H2,2H3/t20-,24?,32+,33+/m1/s1. The van der Waals surface area contributed by atoms with E-state index < -0.39 is 34.9 Å². The fourth-order valence-electron chi connectivity index (χ4n) is 7.41. The van der Waals surface area contributed by atoms with E-state index in [1.54, 1.807) is 6.92 Å². The molecular weight excluding hydrogens is 587 g/mol. The van der Waals surface area contributed by atoms with Crippen LogP contribution < -0.4 is 0 Å². The molecule has 4 atom stereocenters. The van der Waals surface area contributed by atoms with Gasteiger partial charge in [0.05, 0.1) is 42.5 Å². The Morgan fingerprint density at radius 1 is 1.22 bits per heavy atom. The van der Waals surface area contributed by atoms with Crippen molar-refractivity contribution in [2.24, 2.45) is 20.9 Å². The summed E-state index contributed by atoms with van der Waals surface area (Å²) >= 11 is 0. The minimum absolute atomic E-state index is 0.00975. The van der Waals surface area contributed by atoms with E-state index >= 15 is 4.39 Å². The van der Waals surface area contributed by atoms with Gasteiger partial charge in [0.15, 0.2) is 5.83 Å². The number of halogens is 3. The number of hydrogen-bond acceptors (Lipinski definition) is 9. The van der Waals surface area contributed by atoms with E-state index in [1.807, 2.05) is 4.90 Å². The van der Waals surface area contributed by atoms with Gasteiger partial charge in [0.1, 0.15) is 41.5 Å². The van der Waals surface area contributed by atoms with Gasteiger partial charge in [-0.05, 0) is 49.9 Å². The van der Waals surface area contributed by atoms with Gasteiger partial charge in [0, 0.05) is 37.0 Å². The topological polar surface area (TPSA) is 102 Å². The second-order valence-corrected chi connectivity index (χ2v) is 12.8. The number of terminal acetylenes is 1. The van der Waals surface area contributed by atoms with Crippen molar-refractivity contribution in [3.05, 3.63) is 52.7 Å². The Morgan fingerprint density at radius 2 is 2.07 bits per heavy atom. The first-order valence-electron chi connectivity index (χ1n) is 15.2. The van der Waals surface area contributed by atoms with Crippen LogP contribution in [0, 0.1) is 24.1 Å². The fraction of sp³-hybridized carbons (Fsp3) is 0.485. The number of aliphatic hydroxyl groups is 1. The first kappa shape index (κ1) is 29.8. The molecule has 0 spiro atoms. The molecule has 2 N–H and O–H groups in total. The van der Waals surface area contributed by atoms with Crippen LogP contribution in [-0.2, 0) is 9.47 Å². The lowest BCUT2D eigenvalue weighted by atomic mass is 9.90. The van der Waals surface area contributed by atoms with Gasteiger partial charge >= 0.3 is 6.02 Å². The number of phenols is 1. The predicted molar refractivity (Wildman–Crippen MR) is 163 cm³/mol. The van der Waals surface area contributed by atoms with E-state index in [1.165, 1.54) is 24.3 Å². The van der Waals surface area contributed by atoms with Gasteiger partial charge in [-0.25, -0.2) is 13.2 Å². The normalized spacial score (nSPS) is 30.3. The number of hydrogen-bond donors (Lipinski definition) is 2. The number of dihydropyridines is 1. The number of allylic oxidation sites excluding steroid dienone is 1. The number of β-amino-alcohol motifs (C(OH)–C–C–N with tert-alkyl or cyclic N) is 1. The first-order chi connectivity index (χ1) is 21.6. The summed E-state index contributed by atoms with van der Waals surface area (Å²) in [5.74, 6) is 0.450. The van der Waals surface area contributed by atoms with Crippen molar-refractivity contribution in [1.29, 1.82) is 0 Å². The molecule has 0 radical (unpaired) electrons. The highest BCUT2D eigenvalue weighted by Crippen LogP contribution is 2.41. The molecule has 0 bridgehead atoms. The molecule has 9 nitrogen and oxygen atoms in total. The molecule has 0 aromatic heterocycles. The van der Waals surface area contributed by atoms with E-state index in [9.17, 15) is 19.0 Å². The number of aromatic hydroxyl groups is 1. The second kappa shape index (κ2) is 11.2. The molecule has 7 rings (SSSR count). The summed E-state index contributed by atoms with van der Waals surface area (Å²) in [5, 5.41) is 22.1. The third-order valence-corrected chi connectivity index (χ3v) is 9.39. The van der Waals surface area contributed by atoms with Crippen LogP contribution in [-0.4, -0.2) is 107 Å². The molecule has 5 heterocycles. The highest BCUT2D eigenvalue weighted by Gasteiger charge is 2.50. The van der Waals surface area contributed by atoms with Crippen LogP contribution in [0.15, 0.2) is 50.8 Å². The molecule has 3 saturated heterocycles. The third kappa shape index (κ3) is 5.26. The van der Waals surface area contributed by atoms with Crippen molar-refractivity contribution in [2.45, 2.75) is 43.5 Å². The van der Waals surface area contributed by atoms with E-state index in [4.69, 9.17) is 20.9 Å². The van der Waals surface area contributed by atoms with Crippen LogP contribution in [0.1, 0.15) is 37.3 Å². The zero-order valence-electron chi connectivity index (χ0n) is 24.9. The van der Waals surface area contributed by atoms with Gasteiger partial charge in [-0.2, -0.15) is 9.98 Å². The minimum Gasteiger partial charge on any atom is -0.508 e. The Balaban J connectivity index is 1.31. The molecule has 45 heavy (non-hydrogen) atoms. The number of aliphatic imine (C=N–C) groups is 3. The van der Waals surface area contributed by atoms with Crippen LogP contribution in [0.5, 0.6) is 5.75 Å². The molecule has 1 unspecified atom stereocenters. The maximum absolute atomic E-state index is 16.8. The highest BCUT2D eigenvalue weighted by molar-refractivity contribution is 6.21. The number of amidine groups is 2. The lowest BCUT2D eigenvalue weighted by Gasteiger charge is -2.36. The van der Waals surface area contributed by atoms with Crippen LogP contribution >= 0.6 is 0 Å². The summed E-state index contributed by atoms with van der Waals surface area (Å²) in [6, 6.07) is 5.33. The van der Waals surface area contributed by atoms with Crippen LogP contribution in [0.4, 0.5) is 13.2 Å². The summed E-state index contributed by atoms with van der Waals surface area (Å²) < 4.78 is 57.8. The third-order valence-electron chi connectivity index (χ3n) is 9.39. The number of benzene rings is 2. The fourth-order valence-corrected chi connectivity index (χ4v) is 7.41. The van der Waals surface area contributed by atoms with Crippen LogP contribution in [0.2, 0.25) is 0 Å². The molecule has 12 heteroatoms. The zero-order chi connectivity index (χ0) is 31.5. The Labute approximate surface area is 258 Å². The van der Waals surface area contributed by atoms with Gasteiger partial charge in [-0.3, -0.25) is 9.89 Å². The predicted octanol–water partition coefficient (Wildman–Crippen LogP) is 3.71. The Kier molecular flexibility index (Phi) is 7.38. The summed E-state index contributed by atoms with van der Waals surface area (Å²) in [7, 11) is 0. The van der Waals surface area contributed by atoms with Crippen LogP contribution in [0.3, 0.4) is 0 Å².